The van der Waals surface area contributed by atoms with Crippen molar-refractivity contribution < 1.29 is 4.79 Å². The Bertz CT molecular complexity index is 929. The van der Waals surface area contributed by atoms with Gasteiger partial charge in [-0.2, -0.15) is 0 Å². The Morgan fingerprint density at radius 3 is 2.78 bits per heavy atom. The third kappa shape index (κ3) is 4.06. The Labute approximate surface area is 157 Å². The molecule has 3 aromatic rings. The lowest BCUT2D eigenvalue weighted by Gasteiger charge is -2.23. The minimum atomic E-state index is -0.117. The number of carbonyl (C=O) groups excluding carboxylic acids is 1. The van der Waals surface area contributed by atoms with Crippen molar-refractivity contribution in [2.45, 2.75) is 25.4 Å². The van der Waals surface area contributed by atoms with Gasteiger partial charge in [-0.1, -0.05) is 6.07 Å². The molecule has 2 aromatic heterocycles. The number of aromatic nitrogens is 4. The number of amides is 1. The van der Waals surface area contributed by atoms with Crippen LogP contribution in [0.5, 0.6) is 0 Å². The summed E-state index contributed by atoms with van der Waals surface area (Å²) >= 11 is 0. The normalized spacial score (nSPS) is 15.0. The molecule has 8 heteroatoms. The molecule has 0 bridgehead atoms. The van der Waals surface area contributed by atoms with Gasteiger partial charge in [0.1, 0.15) is 0 Å². The molecule has 0 radical (unpaired) electrons. The Morgan fingerprint density at radius 2 is 2.00 bits per heavy atom. The van der Waals surface area contributed by atoms with Crippen LogP contribution in [0.15, 0.2) is 36.9 Å². The molecule has 1 amide bonds. The number of nitrogens with zero attached hydrogens (tertiary/aromatic N) is 4. The van der Waals surface area contributed by atoms with Crippen molar-refractivity contribution >= 4 is 22.9 Å². The fraction of sp³-hybridized carbons (Fsp3) is 0.368. The number of benzene rings is 1. The molecule has 140 valence electrons. The predicted molar refractivity (Wildman–Crippen MR) is 103 cm³/mol. The first kappa shape index (κ1) is 17.4. The van der Waals surface area contributed by atoms with Crippen molar-refractivity contribution in [3.8, 4) is 0 Å². The highest BCUT2D eigenvalue weighted by molar-refractivity contribution is 5.93. The Morgan fingerprint density at radius 1 is 1.22 bits per heavy atom. The van der Waals surface area contributed by atoms with E-state index in [-0.39, 0.29) is 11.9 Å². The Balaban J connectivity index is 1.34. The molecule has 0 spiro atoms. The zero-order chi connectivity index (χ0) is 18.6. The van der Waals surface area contributed by atoms with E-state index in [1.165, 1.54) is 0 Å². The molecule has 0 saturated carbocycles. The molecule has 8 nitrogen and oxygen atoms in total. The molecule has 1 fully saturated rings. The monoisotopic (exact) mass is 365 g/mol. The van der Waals surface area contributed by atoms with Gasteiger partial charge in [0, 0.05) is 32.0 Å². The molecule has 1 aliphatic heterocycles. The van der Waals surface area contributed by atoms with Crippen LogP contribution in [0.1, 0.15) is 28.8 Å². The van der Waals surface area contributed by atoms with E-state index in [2.05, 4.69) is 43.0 Å². The summed E-state index contributed by atoms with van der Waals surface area (Å²) in [5, 5.41) is 9.51. The zero-order valence-electron chi connectivity index (χ0n) is 15.3. The minimum Gasteiger partial charge on any atom is -0.350 e. The number of carbonyl (C=O) groups is 1. The lowest BCUT2D eigenvalue weighted by Crippen LogP contribution is -2.42. The van der Waals surface area contributed by atoms with Crippen LogP contribution in [0.4, 0.5) is 5.95 Å². The van der Waals surface area contributed by atoms with E-state index in [0.717, 1.165) is 42.5 Å². The summed E-state index contributed by atoms with van der Waals surface area (Å²) in [5.41, 5.74) is 3.63. The van der Waals surface area contributed by atoms with Crippen molar-refractivity contribution in [3.05, 3.63) is 48.0 Å². The van der Waals surface area contributed by atoms with Gasteiger partial charge in [0.2, 0.25) is 5.95 Å². The third-order valence-corrected chi connectivity index (χ3v) is 4.83. The topological polar surface area (TPSA) is 96.8 Å². The van der Waals surface area contributed by atoms with Gasteiger partial charge < -0.3 is 20.5 Å². The first-order valence-electron chi connectivity index (χ1n) is 9.16. The molecule has 1 aliphatic rings. The van der Waals surface area contributed by atoms with Gasteiger partial charge in [-0.05, 0) is 43.6 Å². The number of anilines is 1. The van der Waals surface area contributed by atoms with Crippen LogP contribution in [0.2, 0.25) is 0 Å². The van der Waals surface area contributed by atoms with Crippen molar-refractivity contribution in [3.63, 3.8) is 0 Å². The van der Waals surface area contributed by atoms with Gasteiger partial charge in [0.15, 0.2) is 0 Å². The lowest BCUT2D eigenvalue weighted by atomic mass is 10.1. The van der Waals surface area contributed by atoms with Crippen LogP contribution in [-0.4, -0.2) is 44.6 Å². The van der Waals surface area contributed by atoms with E-state index in [1.54, 1.807) is 18.7 Å². The van der Waals surface area contributed by atoms with Crippen molar-refractivity contribution in [2.75, 3.05) is 18.4 Å². The molecule has 1 saturated heterocycles. The van der Waals surface area contributed by atoms with Crippen LogP contribution in [-0.2, 0) is 13.6 Å². The molecular weight excluding hydrogens is 342 g/mol. The van der Waals surface area contributed by atoms with Crippen LogP contribution in [0.25, 0.3) is 11.0 Å². The summed E-state index contributed by atoms with van der Waals surface area (Å²) in [4.78, 5) is 25.2. The van der Waals surface area contributed by atoms with Crippen LogP contribution < -0.4 is 16.0 Å². The van der Waals surface area contributed by atoms with Crippen LogP contribution >= 0.6 is 0 Å². The number of hydrogen-bond donors (Lipinski definition) is 3. The number of piperidine rings is 1. The predicted octanol–water partition coefficient (Wildman–Crippen LogP) is 1.46. The SMILES string of the molecule is Cn1cnc2cc(CNc3ncc(C(=O)NC4CCNCC4)cn3)ccc21. The maximum atomic E-state index is 12.3. The molecule has 4 rings (SSSR count). The highest BCUT2D eigenvalue weighted by Crippen LogP contribution is 2.14. The lowest BCUT2D eigenvalue weighted by molar-refractivity contribution is 0.0929. The highest BCUT2D eigenvalue weighted by Gasteiger charge is 2.16. The van der Waals surface area contributed by atoms with E-state index in [0.29, 0.717) is 18.1 Å². The average Bonchev–Trinajstić information content (AvgIpc) is 3.08. The van der Waals surface area contributed by atoms with Gasteiger partial charge in [-0.25, -0.2) is 15.0 Å². The van der Waals surface area contributed by atoms with E-state index in [1.807, 2.05) is 17.7 Å². The number of aryl methyl sites for hydroxylation is 1. The fourth-order valence-electron chi connectivity index (χ4n) is 3.24. The molecule has 0 atom stereocenters. The summed E-state index contributed by atoms with van der Waals surface area (Å²) in [6, 6.07) is 6.37. The van der Waals surface area contributed by atoms with E-state index >= 15 is 0 Å². The van der Waals surface area contributed by atoms with Crippen molar-refractivity contribution in [2.24, 2.45) is 7.05 Å². The number of fused-ring (bicyclic) bond motifs is 1. The Hall–Kier alpha value is -3.00. The molecule has 0 unspecified atom stereocenters. The van der Waals surface area contributed by atoms with Gasteiger partial charge in [-0.15, -0.1) is 0 Å². The fourth-order valence-corrected chi connectivity index (χ4v) is 3.24. The highest BCUT2D eigenvalue weighted by atomic mass is 16.1. The standard InChI is InChI=1S/C19H23N7O/c1-26-12-24-16-8-13(2-3-17(16)26)9-21-19-22-10-14(11-23-19)18(27)25-15-4-6-20-7-5-15/h2-3,8,10-12,15,20H,4-7,9H2,1H3,(H,25,27)(H,21,22,23). The molecule has 3 N–H and O–H groups in total. The molecule has 27 heavy (non-hydrogen) atoms. The maximum absolute atomic E-state index is 12.3. The number of hydrogen-bond acceptors (Lipinski definition) is 6. The van der Waals surface area contributed by atoms with E-state index in [9.17, 15) is 4.79 Å². The zero-order valence-corrected chi connectivity index (χ0v) is 15.3. The largest absolute Gasteiger partial charge is 0.350 e. The third-order valence-electron chi connectivity index (χ3n) is 4.83. The maximum Gasteiger partial charge on any atom is 0.254 e. The quantitative estimate of drug-likeness (QED) is 0.633. The van der Waals surface area contributed by atoms with Crippen LogP contribution in [0.3, 0.4) is 0 Å². The number of rotatable bonds is 5. The summed E-state index contributed by atoms with van der Waals surface area (Å²) in [6.45, 7) is 2.47. The summed E-state index contributed by atoms with van der Waals surface area (Å²) in [5.74, 6) is 0.378. The molecule has 0 aliphatic carbocycles. The number of imidazole rings is 1. The second-order valence-electron chi connectivity index (χ2n) is 6.83. The molecule has 3 heterocycles. The van der Waals surface area contributed by atoms with E-state index < -0.39 is 0 Å². The summed E-state index contributed by atoms with van der Waals surface area (Å²) in [7, 11) is 1.98. The van der Waals surface area contributed by atoms with Gasteiger partial charge in [0.05, 0.1) is 22.9 Å². The summed E-state index contributed by atoms with van der Waals surface area (Å²) in [6.07, 6.45) is 6.83. The first-order valence-corrected chi connectivity index (χ1v) is 9.16. The van der Waals surface area contributed by atoms with Crippen molar-refractivity contribution in [1.82, 2.24) is 30.2 Å². The first-order chi connectivity index (χ1) is 13.2. The van der Waals surface area contributed by atoms with Crippen LogP contribution in [0, 0.1) is 0 Å². The van der Waals surface area contributed by atoms with Gasteiger partial charge in [-0.3, -0.25) is 4.79 Å². The van der Waals surface area contributed by atoms with Gasteiger partial charge in [0.25, 0.3) is 5.91 Å². The molecular formula is C19H23N7O. The average molecular weight is 365 g/mol. The summed E-state index contributed by atoms with van der Waals surface area (Å²) < 4.78 is 1.99. The molecule has 1 aromatic carbocycles. The Kier molecular flexibility index (Phi) is 4.97. The minimum absolute atomic E-state index is 0.117. The second kappa shape index (κ2) is 7.71. The number of nitrogens with one attached hydrogen (secondary N) is 3. The van der Waals surface area contributed by atoms with Gasteiger partial charge >= 0.3 is 0 Å². The second-order valence-corrected chi connectivity index (χ2v) is 6.83. The van der Waals surface area contributed by atoms with E-state index in [4.69, 9.17) is 0 Å². The smallest absolute Gasteiger partial charge is 0.254 e. The van der Waals surface area contributed by atoms with Crippen molar-refractivity contribution in [1.29, 1.82) is 0 Å².